The monoisotopic (exact) mass is 330 g/mol. The molecule has 1 aliphatic rings. The van der Waals surface area contributed by atoms with E-state index in [0.717, 1.165) is 30.0 Å². The number of methoxy groups -OCH3 is 1. The molecule has 2 N–H and O–H groups in total. The van der Waals surface area contributed by atoms with Gasteiger partial charge in [0.25, 0.3) is 5.91 Å². The molecule has 2 heterocycles. The molecule has 1 aromatic heterocycles. The van der Waals surface area contributed by atoms with E-state index >= 15 is 0 Å². The number of benzene rings is 1. The molecule has 122 valence electrons. The molecule has 2 atom stereocenters. The number of rotatable bonds is 4. The SMILES string of the molecule is COc1ccc(CC2CC(N)CN(C(=O)c3cccs3)C2)cc1. The minimum Gasteiger partial charge on any atom is -0.497 e. The van der Waals surface area contributed by atoms with E-state index < -0.39 is 0 Å². The number of hydrogen-bond donors (Lipinski definition) is 1. The molecule has 5 heteroatoms. The third-order valence-corrected chi connectivity index (χ3v) is 5.13. The molecule has 23 heavy (non-hydrogen) atoms. The lowest BCUT2D eigenvalue weighted by atomic mass is 9.89. The fraction of sp³-hybridized carbons (Fsp3) is 0.389. The van der Waals surface area contributed by atoms with Crippen LogP contribution in [-0.2, 0) is 6.42 Å². The lowest BCUT2D eigenvalue weighted by Gasteiger charge is -2.36. The van der Waals surface area contributed by atoms with E-state index in [1.807, 2.05) is 34.5 Å². The Morgan fingerprint density at radius 2 is 2.09 bits per heavy atom. The van der Waals surface area contributed by atoms with Crippen molar-refractivity contribution in [2.45, 2.75) is 18.9 Å². The molecule has 3 rings (SSSR count). The lowest BCUT2D eigenvalue weighted by molar-refractivity contribution is 0.0654. The van der Waals surface area contributed by atoms with Gasteiger partial charge in [0, 0.05) is 19.1 Å². The van der Waals surface area contributed by atoms with Crippen molar-refractivity contribution in [3.05, 3.63) is 52.2 Å². The summed E-state index contributed by atoms with van der Waals surface area (Å²) in [5, 5.41) is 1.94. The van der Waals surface area contributed by atoms with Gasteiger partial charge >= 0.3 is 0 Å². The fourth-order valence-electron chi connectivity index (χ4n) is 3.21. The Morgan fingerprint density at radius 3 is 2.74 bits per heavy atom. The molecule has 2 aromatic rings. The van der Waals surface area contributed by atoms with Crippen molar-refractivity contribution in [2.75, 3.05) is 20.2 Å². The van der Waals surface area contributed by atoms with Crippen molar-refractivity contribution in [1.82, 2.24) is 4.90 Å². The zero-order chi connectivity index (χ0) is 16.2. The summed E-state index contributed by atoms with van der Waals surface area (Å²) in [5.41, 5.74) is 7.45. The number of ether oxygens (including phenoxy) is 1. The average Bonchev–Trinajstić information content (AvgIpc) is 3.09. The molecule has 0 radical (unpaired) electrons. The molecular formula is C18H22N2O2S. The first-order valence-electron chi connectivity index (χ1n) is 7.87. The van der Waals surface area contributed by atoms with Crippen molar-refractivity contribution in [1.29, 1.82) is 0 Å². The van der Waals surface area contributed by atoms with E-state index in [2.05, 4.69) is 12.1 Å². The van der Waals surface area contributed by atoms with E-state index in [1.54, 1.807) is 7.11 Å². The normalized spacial score (nSPS) is 21.2. The third-order valence-electron chi connectivity index (χ3n) is 4.27. The topological polar surface area (TPSA) is 55.6 Å². The second kappa shape index (κ2) is 7.15. The average molecular weight is 330 g/mol. The molecule has 1 aromatic carbocycles. The summed E-state index contributed by atoms with van der Waals surface area (Å²) in [6.45, 7) is 1.42. The summed E-state index contributed by atoms with van der Waals surface area (Å²) >= 11 is 1.49. The van der Waals surface area contributed by atoms with Crippen LogP contribution in [0.4, 0.5) is 0 Å². The molecule has 1 aliphatic heterocycles. The minimum absolute atomic E-state index is 0.0518. The summed E-state index contributed by atoms with van der Waals surface area (Å²) in [4.78, 5) is 15.3. The zero-order valence-corrected chi connectivity index (χ0v) is 14.1. The van der Waals surface area contributed by atoms with Gasteiger partial charge in [0.05, 0.1) is 12.0 Å². The maximum atomic E-state index is 12.6. The van der Waals surface area contributed by atoms with Crippen molar-refractivity contribution in [2.24, 2.45) is 11.7 Å². The van der Waals surface area contributed by atoms with E-state index in [-0.39, 0.29) is 11.9 Å². The van der Waals surface area contributed by atoms with Crippen LogP contribution in [0, 0.1) is 5.92 Å². The molecule has 0 saturated carbocycles. The van der Waals surface area contributed by atoms with Gasteiger partial charge in [0.2, 0.25) is 0 Å². The number of nitrogens with zero attached hydrogens (tertiary/aromatic N) is 1. The molecule has 1 fully saturated rings. The van der Waals surface area contributed by atoms with Gasteiger partial charge in [0.1, 0.15) is 5.75 Å². The molecule has 1 amide bonds. The Labute approximate surface area is 140 Å². The Balaban J connectivity index is 1.66. The Kier molecular flexibility index (Phi) is 4.98. The first kappa shape index (κ1) is 16.0. The van der Waals surface area contributed by atoms with Crippen LogP contribution in [-0.4, -0.2) is 37.0 Å². The van der Waals surface area contributed by atoms with Gasteiger partial charge in [-0.1, -0.05) is 18.2 Å². The molecule has 4 nitrogen and oxygen atoms in total. The maximum absolute atomic E-state index is 12.6. The van der Waals surface area contributed by atoms with Crippen LogP contribution in [0.15, 0.2) is 41.8 Å². The number of carbonyl (C=O) groups is 1. The van der Waals surface area contributed by atoms with Crippen molar-refractivity contribution in [3.63, 3.8) is 0 Å². The highest BCUT2D eigenvalue weighted by Crippen LogP contribution is 2.24. The summed E-state index contributed by atoms with van der Waals surface area (Å²) < 4.78 is 5.19. The van der Waals surface area contributed by atoms with E-state index in [4.69, 9.17) is 10.5 Å². The first-order chi connectivity index (χ1) is 11.2. The van der Waals surface area contributed by atoms with Gasteiger partial charge in [-0.15, -0.1) is 11.3 Å². The van der Waals surface area contributed by atoms with Crippen LogP contribution in [0.5, 0.6) is 5.75 Å². The number of hydrogen-bond acceptors (Lipinski definition) is 4. The second-order valence-corrected chi connectivity index (χ2v) is 7.05. The Bertz CT molecular complexity index is 640. The zero-order valence-electron chi connectivity index (χ0n) is 13.3. The Hall–Kier alpha value is -1.85. The standard InChI is InChI=1S/C18H22N2O2S/c1-22-16-6-4-13(5-7-16)9-14-10-15(19)12-20(11-14)18(21)17-3-2-8-23-17/h2-8,14-15H,9-12,19H2,1H3. The highest BCUT2D eigenvalue weighted by atomic mass is 32.1. The number of likely N-dealkylation sites (tertiary alicyclic amines) is 1. The van der Waals surface area contributed by atoms with Crippen LogP contribution in [0.25, 0.3) is 0 Å². The van der Waals surface area contributed by atoms with Gasteiger partial charge < -0.3 is 15.4 Å². The molecule has 1 saturated heterocycles. The number of thiophene rings is 1. The van der Waals surface area contributed by atoms with Crippen LogP contribution in [0.2, 0.25) is 0 Å². The molecule has 0 spiro atoms. The maximum Gasteiger partial charge on any atom is 0.263 e. The number of carbonyl (C=O) groups excluding carboxylic acids is 1. The van der Waals surface area contributed by atoms with Crippen LogP contribution >= 0.6 is 11.3 Å². The van der Waals surface area contributed by atoms with Gasteiger partial charge in [-0.2, -0.15) is 0 Å². The van der Waals surface area contributed by atoms with Gasteiger partial charge in [-0.3, -0.25) is 4.79 Å². The molecular weight excluding hydrogens is 308 g/mol. The number of piperidine rings is 1. The van der Waals surface area contributed by atoms with Crippen molar-refractivity contribution in [3.8, 4) is 5.75 Å². The second-order valence-electron chi connectivity index (χ2n) is 6.10. The Morgan fingerprint density at radius 1 is 1.30 bits per heavy atom. The third kappa shape index (κ3) is 3.92. The van der Waals surface area contributed by atoms with E-state index in [9.17, 15) is 4.79 Å². The number of nitrogens with two attached hydrogens (primary N) is 1. The van der Waals surface area contributed by atoms with Crippen LogP contribution in [0.1, 0.15) is 21.7 Å². The highest BCUT2D eigenvalue weighted by Gasteiger charge is 2.29. The van der Waals surface area contributed by atoms with Crippen molar-refractivity contribution < 1.29 is 9.53 Å². The number of amides is 1. The lowest BCUT2D eigenvalue weighted by Crippen LogP contribution is -2.49. The predicted octanol–water partition coefficient (Wildman–Crippen LogP) is 2.79. The highest BCUT2D eigenvalue weighted by molar-refractivity contribution is 7.12. The minimum atomic E-state index is 0.0518. The smallest absolute Gasteiger partial charge is 0.263 e. The van der Waals surface area contributed by atoms with Crippen LogP contribution < -0.4 is 10.5 Å². The summed E-state index contributed by atoms with van der Waals surface area (Å²) in [5.74, 6) is 1.37. The van der Waals surface area contributed by atoms with Gasteiger partial charge in [0.15, 0.2) is 0 Å². The molecule has 0 bridgehead atoms. The molecule has 2 unspecified atom stereocenters. The first-order valence-corrected chi connectivity index (χ1v) is 8.75. The van der Waals surface area contributed by atoms with E-state index in [0.29, 0.717) is 12.5 Å². The van der Waals surface area contributed by atoms with Crippen LogP contribution in [0.3, 0.4) is 0 Å². The predicted molar refractivity (Wildman–Crippen MR) is 93.0 cm³/mol. The van der Waals surface area contributed by atoms with Gasteiger partial charge in [-0.05, 0) is 47.9 Å². The largest absolute Gasteiger partial charge is 0.497 e. The van der Waals surface area contributed by atoms with E-state index in [1.165, 1.54) is 16.9 Å². The van der Waals surface area contributed by atoms with Gasteiger partial charge in [-0.25, -0.2) is 0 Å². The summed E-state index contributed by atoms with van der Waals surface area (Å²) in [6.07, 6.45) is 1.90. The molecule has 0 aliphatic carbocycles. The fourth-order valence-corrected chi connectivity index (χ4v) is 3.90. The quantitative estimate of drug-likeness (QED) is 0.938. The summed E-state index contributed by atoms with van der Waals surface area (Å²) in [7, 11) is 1.67. The van der Waals surface area contributed by atoms with Crippen molar-refractivity contribution >= 4 is 17.2 Å². The summed E-state index contributed by atoms with van der Waals surface area (Å²) in [6, 6.07) is 12.0.